The summed E-state index contributed by atoms with van der Waals surface area (Å²) >= 11 is 3.37. The lowest BCUT2D eigenvalue weighted by molar-refractivity contribution is 0.466. The summed E-state index contributed by atoms with van der Waals surface area (Å²) < 4.78 is 27.4. The number of aryl methyl sites for hydroxylation is 1. The lowest BCUT2D eigenvalue weighted by atomic mass is 10.2. The van der Waals surface area contributed by atoms with Crippen molar-refractivity contribution in [1.29, 1.82) is 0 Å². The second-order valence-electron chi connectivity index (χ2n) is 4.89. The standard InChI is InChI=1S/C16H18BrNO2S/c1-3-13-6-10-16(11-7-13)21(19,20)18(2)12-14-4-8-15(17)9-5-14/h4-11H,3,12H2,1-2H3. The van der Waals surface area contributed by atoms with Gasteiger partial charge < -0.3 is 0 Å². The molecule has 21 heavy (non-hydrogen) atoms. The van der Waals surface area contributed by atoms with E-state index in [1.54, 1.807) is 19.2 Å². The van der Waals surface area contributed by atoms with Crippen molar-refractivity contribution in [2.45, 2.75) is 24.8 Å². The van der Waals surface area contributed by atoms with Crippen molar-refractivity contribution in [2.75, 3.05) is 7.05 Å². The highest BCUT2D eigenvalue weighted by Crippen LogP contribution is 2.18. The molecule has 3 nitrogen and oxygen atoms in total. The van der Waals surface area contributed by atoms with E-state index in [0.717, 1.165) is 22.0 Å². The molecule has 0 N–H and O–H groups in total. The third-order valence-electron chi connectivity index (χ3n) is 3.36. The minimum atomic E-state index is -3.45. The topological polar surface area (TPSA) is 37.4 Å². The summed E-state index contributed by atoms with van der Waals surface area (Å²) in [6, 6.07) is 14.7. The summed E-state index contributed by atoms with van der Waals surface area (Å²) in [6.07, 6.45) is 0.898. The van der Waals surface area contributed by atoms with Crippen molar-refractivity contribution >= 4 is 26.0 Å². The molecule has 0 saturated carbocycles. The second kappa shape index (κ2) is 6.73. The van der Waals surface area contributed by atoms with Gasteiger partial charge in [0, 0.05) is 18.1 Å². The highest BCUT2D eigenvalue weighted by Gasteiger charge is 2.20. The maximum atomic E-state index is 12.5. The molecule has 0 aliphatic carbocycles. The van der Waals surface area contributed by atoms with E-state index in [2.05, 4.69) is 15.9 Å². The molecule has 0 saturated heterocycles. The smallest absolute Gasteiger partial charge is 0.207 e. The molecular formula is C16H18BrNO2S. The van der Waals surface area contributed by atoms with Gasteiger partial charge in [-0.1, -0.05) is 47.1 Å². The molecule has 0 aromatic heterocycles. The summed E-state index contributed by atoms with van der Waals surface area (Å²) in [5.74, 6) is 0. The van der Waals surface area contributed by atoms with Gasteiger partial charge in [-0.2, -0.15) is 4.31 Å². The first-order chi connectivity index (χ1) is 9.93. The Kier molecular flexibility index (Phi) is 5.19. The van der Waals surface area contributed by atoms with Crippen LogP contribution in [-0.4, -0.2) is 19.8 Å². The van der Waals surface area contributed by atoms with E-state index in [0.29, 0.717) is 11.4 Å². The van der Waals surface area contributed by atoms with Crippen molar-refractivity contribution in [3.63, 3.8) is 0 Å². The van der Waals surface area contributed by atoms with Crippen LogP contribution >= 0.6 is 15.9 Å². The van der Waals surface area contributed by atoms with Gasteiger partial charge in [-0.15, -0.1) is 0 Å². The van der Waals surface area contributed by atoms with Gasteiger partial charge in [0.15, 0.2) is 0 Å². The number of rotatable bonds is 5. The summed E-state index contributed by atoms with van der Waals surface area (Å²) in [4.78, 5) is 0.333. The molecule has 0 bridgehead atoms. The molecule has 112 valence electrons. The molecule has 0 heterocycles. The van der Waals surface area contributed by atoms with Crippen molar-refractivity contribution in [3.05, 3.63) is 64.1 Å². The third kappa shape index (κ3) is 3.93. The molecule has 0 amide bonds. The molecule has 0 radical (unpaired) electrons. The first-order valence-electron chi connectivity index (χ1n) is 6.73. The van der Waals surface area contributed by atoms with Gasteiger partial charge in [-0.05, 0) is 41.8 Å². The Morgan fingerprint density at radius 2 is 1.48 bits per heavy atom. The molecule has 0 spiro atoms. The summed E-state index contributed by atoms with van der Waals surface area (Å²) in [6.45, 7) is 2.40. The minimum absolute atomic E-state index is 0.333. The van der Waals surface area contributed by atoms with Crippen LogP contribution in [0.15, 0.2) is 57.9 Å². The molecule has 2 rings (SSSR count). The normalized spacial score (nSPS) is 11.8. The Bertz CT molecular complexity index is 694. The number of halogens is 1. The number of nitrogens with zero attached hydrogens (tertiary/aromatic N) is 1. The molecule has 0 aliphatic rings. The number of hydrogen-bond acceptors (Lipinski definition) is 2. The number of benzene rings is 2. The third-order valence-corrected chi connectivity index (χ3v) is 5.70. The van der Waals surface area contributed by atoms with Crippen molar-refractivity contribution in [3.8, 4) is 0 Å². The summed E-state index contributed by atoms with van der Waals surface area (Å²) in [5.41, 5.74) is 2.08. The minimum Gasteiger partial charge on any atom is -0.207 e. The first-order valence-corrected chi connectivity index (χ1v) is 8.96. The maximum absolute atomic E-state index is 12.5. The fourth-order valence-electron chi connectivity index (χ4n) is 2.01. The van der Waals surface area contributed by atoms with E-state index < -0.39 is 10.0 Å². The zero-order valence-corrected chi connectivity index (χ0v) is 14.5. The summed E-state index contributed by atoms with van der Waals surface area (Å²) in [7, 11) is -1.85. The molecule has 0 unspecified atom stereocenters. The monoisotopic (exact) mass is 367 g/mol. The average Bonchev–Trinajstić information content (AvgIpc) is 2.49. The van der Waals surface area contributed by atoms with Crippen LogP contribution in [0.2, 0.25) is 0 Å². The van der Waals surface area contributed by atoms with Gasteiger partial charge in [-0.25, -0.2) is 8.42 Å². The quantitative estimate of drug-likeness (QED) is 0.804. The lowest BCUT2D eigenvalue weighted by Crippen LogP contribution is -2.26. The van der Waals surface area contributed by atoms with Crippen LogP contribution in [0.1, 0.15) is 18.1 Å². The number of hydrogen-bond donors (Lipinski definition) is 0. The van der Waals surface area contributed by atoms with Gasteiger partial charge in [0.25, 0.3) is 0 Å². The largest absolute Gasteiger partial charge is 0.243 e. The van der Waals surface area contributed by atoms with E-state index in [1.165, 1.54) is 4.31 Å². The Morgan fingerprint density at radius 3 is 2.00 bits per heavy atom. The fraction of sp³-hybridized carbons (Fsp3) is 0.250. The number of sulfonamides is 1. The maximum Gasteiger partial charge on any atom is 0.243 e. The van der Waals surface area contributed by atoms with Crippen LogP contribution in [0, 0.1) is 0 Å². The zero-order valence-electron chi connectivity index (χ0n) is 12.1. The predicted octanol–water partition coefficient (Wildman–Crippen LogP) is 3.83. The van der Waals surface area contributed by atoms with Crippen LogP contribution < -0.4 is 0 Å². The van der Waals surface area contributed by atoms with Crippen LogP contribution in [0.4, 0.5) is 0 Å². The van der Waals surface area contributed by atoms with Gasteiger partial charge in [0.05, 0.1) is 4.90 Å². The Balaban J connectivity index is 2.19. The SMILES string of the molecule is CCc1ccc(S(=O)(=O)N(C)Cc2ccc(Br)cc2)cc1. The second-order valence-corrected chi connectivity index (χ2v) is 7.85. The highest BCUT2D eigenvalue weighted by atomic mass is 79.9. The van der Waals surface area contributed by atoms with Gasteiger partial charge >= 0.3 is 0 Å². The first kappa shape index (κ1) is 16.2. The van der Waals surface area contributed by atoms with Gasteiger partial charge in [-0.3, -0.25) is 0 Å². The summed E-state index contributed by atoms with van der Waals surface area (Å²) in [5, 5.41) is 0. The Morgan fingerprint density at radius 1 is 0.952 bits per heavy atom. The van der Waals surface area contributed by atoms with Crippen molar-refractivity contribution in [1.82, 2.24) is 4.31 Å². The van der Waals surface area contributed by atoms with Gasteiger partial charge in [0.2, 0.25) is 10.0 Å². The lowest BCUT2D eigenvalue weighted by Gasteiger charge is -2.17. The van der Waals surface area contributed by atoms with Crippen molar-refractivity contribution in [2.24, 2.45) is 0 Å². The molecule has 0 fully saturated rings. The molecular weight excluding hydrogens is 350 g/mol. The van der Waals surface area contributed by atoms with Crippen molar-refractivity contribution < 1.29 is 8.42 Å². The molecule has 2 aromatic carbocycles. The van der Waals surface area contributed by atoms with Crippen LogP contribution in [0.5, 0.6) is 0 Å². The molecule has 0 aliphatic heterocycles. The Labute approximate surface area is 134 Å². The zero-order chi connectivity index (χ0) is 15.5. The van der Waals surface area contributed by atoms with E-state index >= 15 is 0 Å². The van der Waals surface area contributed by atoms with Crippen LogP contribution in [0.25, 0.3) is 0 Å². The van der Waals surface area contributed by atoms with E-state index in [-0.39, 0.29) is 0 Å². The molecule has 5 heteroatoms. The van der Waals surface area contributed by atoms with E-state index in [4.69, 9.17) is 0 Å². The van der Waals surface area contributed by atoms with Crippen LogP contribution in [0.3, 0.4) is 0 Å². The fourth-order valence-corrected chi connectivity index (χ4v) is 3.43. The molecule has 0 atom stereocenters. The predicted molar refractivity (Wildman–Crippen MR) is 88.6 cm³/mol. The average molecular weight is 368 g/mol. The Hall–Kier alpha value is -1.17. The van der Waals surface area contributed by atoms with Crippen LogP contribution in [-0.2, 0) is 23.0 Å². The van der Waals surface area contributed by atoms with Gasteiger partial charge in [0.1, 0.15) is 0 Å². The highest BCUT2D eigenvalue weighted by molar-refractivity contribution is 9.10. The van der Waals surface area contributed by atoms with E-state index in [1.807, 2.05) is 43.3 Å². The molecule has 2 aromatic rings. The van der Waals surface area contributed by atoms with E-state index in [9.17, 15) is 8.42 Å².